The summed E-state index contributed by atoms with van der Waals surface area (Å²) in [7, 11) is 0. The van der Waals surface area contributed by atoms with E-state index in [9.17, 15) is 0 Å². The standard InChI is InChI=1S/C14H22ClN/c1-3-5-11-16-14(6-4-2)12-7-9-13(15)10-8-12/h7-10,14,16H,3-6,11H2,1-2H3. The minimum Gasteiger partial charge on any atom is -0.310 e. The molecule has 0 aromatic heterocycles. The minimum absolute atomic E-state index is 0.480. The van der Waals surface area contributed by atoms with Crippen molar-refractivity contribution >= 4 is 11.6 Å². The molecule has 1 N–H and O–H groups in total. The van der Waals surface area contributed by atoms with Crippen molar-refractivity contribution in [3.63, 3.8) is 0 Å². The van der Waals surface area contributed by atoms with Crippen LogP contribution in [0.2, 0.25) is 5.02 Å². The van der Waals surface area contributed by atoms with Crippen molar-refractivity contribution in [1.29, 1.82) is 0 Å². The SMILES string of the molecule is CCCCNC(CCC)c1ccc(Cl)cc1. The quantitative estimate of drug-likeness (QED) is 0.688. The van der Waals surface area contributed by atoms with Gasteiger partial charge in [0.1, 0.15) is 0 Å². The number of nitrogens with one attached hydrogen (secondary N) is 1. The van der Waals surface area contributed by atoms with Gasteiger partial charge in [-0.3, -0.25) is 0 Å². The molecule has 1 nitrogen and oxygen atoms in total. The average Bonchev–Trinajstić information content (AvgIpc) is 2.29. The summed E-state index contributed by atoms with van der Waals surface area (Å²) in [5, 5.41) is 4.43. The van der Waals surface area contributed by atoms with Crippen molar-refractivity contribution in [3.8, 4) is 0 Å². The third-order valence-corrected chi connectivity index (χ3v) is 3.02. The van der Waals surface area contributed by atoms with Gasteiger partial charge in [0.2, 0.25) is 0 Å². The Balaban J connectivity index is 2.57. The zero-order chi connectivity index (χ0) is 11.8. The van der Waals surface area contributed by atoms with Crippen molar-refractivity contribution in [2.45, 2.75) is 45.6 Å². The Hall–Kier alpha value is -0.530. The first-order valence-electron chi connectivity index (χ1n) is 6.26. The molecule has 0 fully saturated rings. The van der Waals surface area contributed by atoms with E-state index >= 15 is 0 Å². The third-order valence-electron chi connectivity index (χ3n) is 2.77. The van der Waals surface area contributed by atoms with Crippen molar-refractivity contribution in [1.82, 2.24) is 5.32 Å². The highest BCUT2D eigenvalue weighted by Gasteiger charge is 2.08. The molecular weight excluding hydrogens is 218 g/mol. The number of rotatable bonds is 7. The predicted molar refractivity (Wildman–Crippen MR) is 72.0 cm³/mol. The van der Waals surface area contributed by atoms with E-state index in [0.29, 0.717) is 6.04 Å². The van der Waals surface area contributed by atoms with Crippen LogP contribution in [0, 0.1) is 0 Å². The maximum absolute atomic E-state index is 5.90. The molecule has 0 bridgehead atoms. The Labute approximate surface area is 104 Å². The van der Waals surface area contributed by atoms with E-state index in [1.807, 2.05) is 12.1 Å². The van der Waals surface area contributed by atoms with Crippen LogP contribution in [0.3, 0.4) is 0 Å². The fourth-order valence-corrected chi connectivity index (χ4v) is 1.95. The molecule has 90 valence electrons. The molecule has 0 aliphatic carbocycles. The number of benzene rings is 1. The molecule has 1 aromatic rings. The highest BCUT2D eigenvalue weighted by atomic mass is 35.5. The molecule has 1 atom stereocenters. The molecule has 0 spiro atoms. The first-order chi connectivity index (χ1) is 7.77. The minimum atomic E-state index is 0.480. The van der Waals surface area contributed by atoms with Gasteiger partial charge >= 0.3 is 0 Å². The van der Waals surface area contributed by atoms with Crippen LogP contribution in [0.4, 0.5) is 0 Å². The van der Waals surface area contributed by atoms with Gasteiger partial charge in [-0.1, -0.05) is 50.4 Å². The highest BCUT2D eigenvalue weighted by molar-refractivity contribution is 6.30. The van der Waals surface area contributed by atoms with Gasteiger partial charge in [0, 0.05) is 11.1 Å². The molecule has 0 aliphatic rings. The van der Waals surface area contributed by atoms with Gasteiger partial charge in [-0.05, 0) is 37.1 Å². The molecule has 1 rings (SSSR count). The molecular formula is C14H22ClN. The van der Waals surface area contributed by atoms with E-state index in [4.69, 9.17) is 11.6 Å². The van der Waals surface area contributed by atoms with E-state index in [2.05, 4.69) is 31.3 Å². The van der Waals surface area contributed by atoms with Crippen molar-refractivity contribution in [3.05, 3.63) is 34.9 Å². The van der Waals surface area contributed by atoms with Crippen LogP contribution in [-0.2, 0) is 0 Å². The Bertz CT molecular complexity index is 281. The Kier molecular flexibility index (Phi) is 6.51. The van der Waals surface area contributed by atoms with Gasteiger partial charge in [-0.15, -0.1) is 0 Å². The second kappa shape index (κ2) is 7.70. The molecule has 0 heterocycles. The summed E-state index contributed by atoms with van der Waals surface area (Å²) in [4.78, 5) is 0. The molecule has 0 saturated carbocycles. The Morgan fingerprint density at radius 2 is 1.81 bits per heavy atom. The lowest BCUT2D eigenvalue weighted by molar-refractivity contribution is 0.486. The maximum atomic E-state index is 5.90. The fraction of sp³-hybridized carbons (Fsp3) is 0.571. The Morgan fingerprint density at radius 3 is 2.38 bits per heavy atom. The maximum Gasteiger partial charge on any atom is 0.0406 e. The van der Waals surface area contributed by atoms with Gasteiger partial charge in [-0.25, -0.2) is 0 Å². The lowest BCUT2D eigenvalue weighted by atomic mass is 10.0. The summed E-state index contributed by atoms with van der Waals surface area (Å²) >= 11 is 5.90. The van der Waals surface area contributed by atoms with Crippen LogP contribution in [0.15, 0.2) is 24.3 Å². The lowest BCUT2D eigenvalue weighted by Crippen LogP contribution is -2.22. The molecule has 0 aliphatic heterocycles. The molecule has 1 unspecified atom stereocenters. The zero-order valence-electron chi connectivity index (χ0n) is 10.3. The first kappa shape index (κ1) is 13.5. The number of hydrogen-bond acceptors (Lipinski definition) is 1. The van der Waals surface area contributed by atoms with E-state index in [-0.39, 0.29) is 0 Å². The zero-order valence-corrected chi connectivity index (χ0v) is 11.1. The van der Waals surface area contributed by atoms with Gasteiger partial charge < -0.3 is 5.32 Å². The van der Waals surface area contributed by atoms with Crippen LogP contribution in [0.25, 0.3) is 0 Å². The average molecular weight is 240 g/mol. The molecule has 16 heavy (non-hydrogen) atoms. The largest absolute Gasteiger partial charge is 0.310 e. The van der Waals surface area contributed by atoms with E-state index in [1.54, 1.807) is 0 Å². The van der Waals surface area contributed by atoms with Crippen molar-refractivity contribution in [2.24, 2.45) is 0 Å². The topological polar surface area (TPSA) is 12.0 Å². The van der Waals surface area contributed by atoms with Gasteiger partial charge in [0.25, 0.3) is 0 Å². The smallest absolute Gasteiger partial charge is 0.0406 e. The van der Waals surface area contributed by atoms with E-state index in [1.165, 1.54) is 31.2 Å². The second-order valence-electron chi connectivity index (χ2n) is 4.20. The summed E-state index contributed by atoms with van der Waals surface area (Å²) < 4.78 is 0. The van der Waals surface area contributed by atoms with Crippen molar-refractivity contribution < 1.29 is 0 Å². The monoisotopic (exact) mass is 239 g/mol. The summed E-state index contributed by atoms with van der Waals surface area (Å²) in [6.45, 7) is 5.55. The van der Waals surface area contributed by atoms with Crippen LogP contribution in [-0.4, -0.2) is 6.54 Å². The summed E-state index contributed by atoms with van der Waals surface area (Å²) in [6.07, 6.45) is 4.87. The van der Waals surface area contributed by atoms with Crippen LogP contribution >= 0.6 is 11.6 Å². The summed E-state index contributed by atoms with van der Waals surface area (Å²) in [5.41, 5.74) is 1.35. The highest BCUT2D eigenvalue weighted by Crippen LogP contribution is 2.20. The summed E-state index contributed by atoms with van der Waals surface area (Å²) in [5.74, 6) is 0. The molecule has 0 amide bonds. The van der Waals surface area contributed by atoms with Gasteiger partial charge in [0.05, 0.1) is 0 Å². The van der Waals surface area contributed by atoms with Crippen molar-refractivity contribution in [2.75, 3.05) is 6.54 Å². The molecule has 1 aromatic carbocycles. The van der Waals surface area contributed by atoms with Crippen LogP contribution in [0.5, 0.6) is 0 Å². The van der Waals surface area contributed by atoms with Crippen LogP contribution < -0.4 is 5.32 Å². The number of hydrogen-bond donors (Lipinski definition) is 1. The first-order valence-corrected chi connectivity index (χ1v) is 6.64. The summed E-state index contributed by atoms with van der Waals surface area (Å²) in [6, 6.07) is 8.68. The fourth-order valence-electron chi connectivity index (χ4n) is 1.82. The van der Waals surface area contributed by atoms with Gasteiger partial charge in [0.15, 0.2) is 0 Å². The van der Waals surface area contributed by atoms with E-state index in [0.717, 1.165) is 11.6 Å². The van der Waals surface area contributed by atoms with Gasteiger partial charge in [-0.2, -0.15) is 0 Å². The lowest BCUT2D eigenvalue weighted by Gasteiger charge is -2.18. The molecule has 2 heteroatoms. The second-order valence-corrected chi connectivity index (χ2v) is 4.64. The predicted octanol–water partition coefficient (Wildman–Crippen LogP) is 4.57. The Morgan fingerprint density at radius 1 is 1.12 bits per heavy atom. The number of unbranched alkanes of at least 4 members (excludes halogenated alkanes) is 1. The molecule has 0 saturated heterocycles. The third kappa shape index (κ3) is 4.54. The van der Waals surface area contributed by atoms with E-state index < -0.39 is 0 Å². The molecule has 0 radical (unpaired) electrons. The number of halogens is 1. The van der Waals surface area contributed by atoms with Crippen LogP contribution in [0.1, 0.15) is 51.1 Å². The normalized spacial score (nSPS) is 12.7.